The molecule has 4 nitrogen and oxygen atoms in total. The zero-order chi connectivity index (χ0) is 14.9. The number of anilines is 1. The lowest BCUT2D eigenvalue weighted by atomic mass is 10.1. The molecule has 2 N–H and O–H groups in total. The molecule has 0 spiro atoms. The monoisotopic (exact) mass is 329 g/mol. The van der Waals surface area contributed by atoms with E-state index in [9.17, 15) is 4.79 Å². The van der Waals surface area contributed by atoms with Gasteiger partial charge in [-0.25, -0.2) is 4.98 Å². The van der Waals surface area contributed by atoms with Crippen LogP contribution in [0.5, 0.6) is 0 Å². The lowest BCUT2D eigenvalue weighted by Gasteiger charge is -2.25. The first-order valence-corrected chi connectivity index (χ1v) is 7.47. The number of hydrogen-bond acceptors (Lipinski definition) is 4. The van der Waals surface area contributed by atoms with Gasteiger partial charge in [0.15, 0.2) is 5.13 Å². The van der Waals surface area contributed by atoms with Gasteiger partial charge in [-0.3, -0.25) is 4.79 Å². The molecular weight excluding hydrogens is 317 g/mol. The number of thiazole rings is 1. The second-order valence-corrected chi connectivity index (χ2v) is 6.06. The minimum Gasteiger partial charge on any atom is -0.375 e. The molecule has 0 saturated heterocycles. The number of nitrogen functional groups attached to an aromatic ring is 1. The standard InChI is InChI=1S/C13H13Cl2N3OS/c1-7(9-4-3-8(14)5-10(9)15)18(2)12(19)11-6-20-13(16)17-11/h3-7H,1-2H3,(H2,16,17). The van der Waals surface area contributed by atoms with Crippen molar-refractivity contribution in [2.45, 2.75) is 13.0 Å². The van der Waals surface area contributed by atoms with Gasteiger partial charge in [-0.1, -0.05) is 29.3 Å². The van der Waals surface area contributed by atoms with E-state index in [1.807, 2.05) is 13.0 Å². The van der Waals surface area contributed by atoms with E-state index in [1.165, 1.54) is 11.3 Å². The summed E-state index contributed by atoms with van der Waals surface area (Å²) in [6.45, 7) is 1.89. The van der Waals surface area contributed by atoms with Crippen molar-refractivity contribution in [1.29, 1.82) is 0 Å². The molecule has 0 aliphatic heterocycles. The Balaban J connectivity index is 2.24. The number of halogens is 2. The van der Waals surface area contributed by atoms with Crippen molar-refractivity contribution < 1.29 is 4.79 Å². The lowest BCUT2D eigenvalue weighted by molar-refractivity contribution is 0.0737. The van der Waals surface area contributed by atoms with E-state index < -0.39 is 0 Å². The molecule has 106 valence electrons. The van der Waals surface area contributed by atoms with Crippen LogP contribution in [0.1, 0.15) is 29.0 Å². The summed E-state index contributed by atoms with van der Waals surface area (Å²) in [6.07, 6.45) is 0. The highest BCUT2D eigenvalue weighted by molar-refractivity contribution is 7.13. The van der Waals surface area contributed by atoms with Gasteiger partial charge in [-0.15, -0.1) is 11.3 Å². The van der Waals surface area contributed by atoms with Crippen LogP contribution in [-0.4, -0.2) is 22.8 Å². The van der Waals surface area contributed by atoms with Crippen molar-refractivity contribution in [1.82, 2.24) is 9.88 Å². The smallest absolute Gasteiger partial charge is 0.273 e. The topological polar surface area (TPSA) is 59.2 Å². The van der Waals surface area contributed by atoms with E-state index in [1.54, 1.807) is 29.5 Å². The van der Waals surface area contributed by atoms with Crippen LogP contribution in [0.2, 0.25) is 10.0 Å². The Bertz CT molecular complexity index is 644. The molecule has 7 heteroatoms. The quantitative estimate of drug-likeness (QED) is 0.929. The Kier molecular flexibility index (Phi) is 4.52. The van der Waals surface area contributed by atoms with Crippen LogP contribution in [0.25, 0.3) is 0 Å². The third-order valence-electron chi connectivity index (χ3n) is 3.05. The Morgan fingerprint density at radius 3 is 2.70 bits per heavy atom. The fourth-order valence-corrected chi connectivity index (χ4v) is 2.89. The largest absolute Gasteiger partial charge is 0.375 e. The van der Waals surface area contributed by atoms with Gasteiger partial charge in [0.2, 0.25) is 0 Å². The summed E-state index contributed by atoms with van der Waals surface area (Å²) in [7, 11) is 1.70. The average molecular weight is 330 g/mol. The Hall–Kier alpha value is -1.30. The SMILES string of the molecule is CC(c1ccc(Cl)cc1Cl)N(C)C(=O)c1csc(N)n1. The highest BCUT2D eigenvalue weighted by atomic mass is 35.5. The van der Waals surface area contributed by atoms with Gasteiger partial charge in [0.05, 0.1) is 6.04 Å². The summed E-state index contributed by atoms with van der Waals surface area (Å²) < 4.78 is 0. The first kappa shape index (κ1) is 15.1. The molecule has 0 radical (unpaired) electrons. The fraction of sp³-hybridized carbons (Fsp3) is 0.231. The highest BCUT2D eigenvalue weighted by Gasteiger charge is 2.22. The molecule has 0 bridgehead atoms. The van der Waals surface area contributed by atoms with Crippen LogP contribution < -0.4 is 5.73 Å². The molecule has 2 aromatic rings. The van der Waals surface area contributed by atoms with E-state index >= 15 is 0 Å². The second-order valence-electron chi connectivity index (χ2n) is 4.33. The molecule has 2 rings (SSSR count). The van der Waals surface area contributed by atoms with E-state index in [2.05, 4.69) is 4.98 Å². The minimum absolute atomic E-state index is 0.198. The average Bonchev–Trinajstić information content (AvgIpc) is 2.83. The molecule has 0 saturated carbocycles. The van der Waals surface area contributed by atoms with Crippen LogP contribution in [0, 0.1) is 0 Å². The summed E-state index contributed by atoms with van der Waals surface area (Å²) in [4.78, 5) is 17.9. The molecule has 1 heterocycles. The number of benzene rings is 1. The number of aromatic nitrogens is 1. The molecule has 1 atom stereocenters. The van der Waals surface area contributed by atoms with E-state index in [0.717, 1.165) is 5.56 Å². The van der Waals surface area contributed by atoms with Crippen LogP contribution in [0.4, 0.5) is 5.13 Å². The lowest BCUT2D eigenvalue weighted by Crippen LogP contribution is -2.30. The summed E-state index contributed by atoms with van der Waals surface area (Å²) in [5.74, 6) is -0.198. The van der Waals surface area contributed by atoms with E-state index in [-0.39, 0.29) is 11.9 Å². The van der Waals surface area contributed by atoms with Gasteiger partial charge < -0.3 is 10.6 Å². The zero-order valence-electron chi connectivity index (χ0n) is 10.9. The number of carbonyl (C=O) groups excluding carboxylic acids is 1. The molecule has 0 fully saturated rings. The Labute approximate surface area is 131 Å². The molecule has 1 aromatic carbocycles. The van der Waals surface area contributed by atoms with Gasteiger partial charge in [-0.2, -0.15) is 0 Å². The van der Waals surface area contributed by atoms with E-state index in [0.29, 0.717) is 20.9 Å². The zero-order valence-corrected chi connectivity index (χ0v) is 13.3. The van der Waals surface area contributed by atoms with Crippen molar-refractivity contribution in [2.24, 2.45) is 0 Å². The van der Waals surface area contributed by atoms with Crippen LogP contribution in [-0.2, 0) is 0 Å². The maximum absolute atomic E-state index is 12.3. The molecule has 20 heavy (non-hydrogen) atoms. The van der Waals surface area contributed by atoms with Gasteiger partial charge in [0, 0.05) is 22.5 Å². The van der Waals surface area contributed by atoms with Crippen molar-refractivity contribution in [3.63, 3.8) is 0 Å². The predicted octanol–water partition coefficient (Wildman–Crippen LogP) is 3.87. The summed E-state index contributed by atoms with van der Waals surface area (Å²) in [5.41, 5.74) is 6.71. The van der Waals surface area contributed by atoms with Crippen molar-refractivity contribution >= 4 is 45.6 Å². The molecule has 0 aliphatic rings. The number of carbonyl (C=O) groups is 1. The minimum atomic E-state index is -0.199. The highest BCUT2D eigenvalue weighted by Crippen LogP contribution is 2.29. The molecule has 1 unspecified atom stereocenters. The molecular formula is C13H13Cl2N3OS. The molecule has 0 aliphatic carbocycles. The van der Waals surface area contributed by atoms with Crippen LogP contribution in [0.3, 0.4) is 0 Å². The van der Waals surface area contributed by atoms with Crippen LogP contribution >= 0.6 is 34.5 Å². The van der Waals surface area contributed by atoms with Crippen molar-refractivity contribution in [3.05, 3.63) is 44.9 Å². The fourth-order valence-electron chi connectivity index (χ4n) is 1.79. The number of hydrogen-bond donors (Lipinski definition) is 1. The molecule has 1 aromatic heterocycles. The third-order valence-corrected chi connectivity index (χ3v) is 4.29. The van der Waals surface area contributed by atoms with Crippen molar-refractivity contribution in [2.75, 3.05) is 12.8 Å². The van der Waals surface area contributed by atoms with Gasteiger partial charge in [0.1, 0.15) is 5.69 Å². The van der Waals surface area contributed by atoms with Gasteiger partial charge in [-0.05, 0) is 24.6 Å². The summed E-state index contributed by atoms with van der Waals surface area (Å²) in [5, 5.41) is 3.11. The maximum atomic E-state index is 12.3. The van der Waals surface area contributed by atoms with E-state index in [4.69, 9.17) is 28.9 Å². The summed E-state index contributed by atoms with van der Waals surface area (Å²) in [6, 6.07) is 5.02. The number of amides is 1. The molecule has 1 amide bonds. The predicted molar refractivity (Wildman–Crippen MR) is 83.5 cm³/mol. The van der Waals surface area contributed by atoms with Gasteiger partial charge >= 0.3 is 0 Å². The maximum Gasteiger partial charge on any atom is 0.273 e. The summed E-state index contributed by atoms with van der Waals surface area (Å²) >= 11 is 13.3. The normalized spacial score (nSPS) is 12.2. The number of nitrogens with two attached hydrogens (primary N) is 1. The first-order chi connectivity index (χ1) is 9.40. The number of rotatable bonds is 3. The van der Waals surface area contributed by atoms with Crippen molar-refractivity contribution in [3.8, 4) is 0 Å². The second kappa shape index (κ2) is 5.99. The number of nitrogens with zero attached hydrogens (tertiary/aromatic N) is 2. The van der Waals surface area contributed by atoms with Crippen LogP contribution in [0.15, 0.2) is 23.6 Å². The Morgan fingerprint density at radius 1 is 1.45 bits per heavy atom. The first-order valence-electron chi connectivity index (χ1n) is 5.83. The third kappa shape index (κ3) is 3.06. The Morgan fingerprint density at radius 2 is 2.15 bits per heavy atom. The van der Waals surface area contributed by atoms with Gasteiger partial charge in [0.25, 0.3) is 5.91 Å².